The first kappa shape index (κ1) is 13.7. The molecule has 3 aromatic heterocycles. The van der Waals surface area contributed by atoms with Gasteiger partial charge in [0.05, 0.1) is 11.9 Å². The summed E-state index contributed by atoms with van der Waals surface area (Å²) in [7, 11) is 1.81. The molecule has 0 aliphatic rings. The molecule has 2 N–H and O–H groups in total. The molecule has 3 rings (SSSR count). The summed E-state index contributed by atoms with van der Waals surface area (Å²) in [6.45, 7) is 4.36. The molecule has 0 aliphatic carbocycles. The van der Waals surface area contributed by atoms with Gasteiger partial charge in [-0.15, -0.1) is 11.3 Å². The lowest BCUT2D eigenvalue weighted by Gasteiger charge is -2.06. The maximum Gasteiger partial charge on any atom is 0.225 e. The molecule has 21 heavy (non-hydrogen) atoms. The minimum atomic E-state index is 0.462. The molecular formula is C13H16N6OS. The number of thiophene rings is 1. The Balaban J connectivity index is 1.93. The Morgan fingerprint density at radius 3 is 2.81 bits per heavy atom. The Bertz CT molecular complexity index is 765. The first-order valence-corrected chi connectivity index (χ1v) is 7.52. The smallest absolute Gasteiger partial charge is 0.225 e. The fourth-order valence-electron chi connectivity index (χ4n) is 1.97. The minimum absolute atomic E-state index is 0.462. The standard InChI is InChI=1S/C13H16N6OS/c1-4-8-5-9-11(15-6-10-16-7(2)20-19-10)17-13(14-3)18-12(9)21-8/h5H,4,6H2,1-3H3,(H2,14,15,17,18). The highest BCUT2D eigenvalue weighted by Crippen LogP contribution is 2.30. The summed E-state index contributed by atoms with van der Waals surface area (Å²) in [4.78, 5) is 15.4. The lowest BCUT2D eigenvalue weighted by Crippen LogP contribution is -2.06. The van der Waals surface area contributed by atoms with Gasteiger partial charge in [-0.2, -0.15) is 9.97 Å². The summed E-state index contributed by atoms with van der Waals surface area (Å²) in [6, 6.07) is 2.13. The summed E-state index contributed by atoms with van der Waals surface area (Å²) >= 11 is 1.69. The molecule has 0 bridgehead atoms. The molecule has 0 aliphatic heterocycles. The van der Waals surface area contributed by atoms with Gasteiger partial charge in [-0.05, 0) is 12.5 Å². The normalized spacial score (nSPS) is 11.0. The van der Waals surface area contributed by atoms with Crippen LogP contribution in [-0.2, 0) is 13.0 Å². The Morgan fingerprint density at radius 1 is 1.29 bits per heavy atom. The van der Waals surface area contributed by atoms with E-state index in [-0.39, 0.29) is 0 Å². The van der Waals surface area contributed by atoms with Crippen molar-refractivity contribution in [3.63, 3.8) is 0 Å². The second kappa shape index (κ2) is 5.65. The zero-order valence-corrected chi connectivity index (χ0v) is 12.9. The first-order chi connectivity index (χ1) is 10.2. The number of nitrogens with one attached hydrogen (secondary N) is 2. The molecule has 0 atom stereocenters. The molecule has 3 heterocycles. The highest BCUT2D eigenvalue weighted by molar-refractivity contribution is 7.18. The fraction of sp³-hybridized carbons (Fsp3) is 0.385. The van der Waals surface area contributed by atoms with Crippen molar-refractivity contribution in [2.75, 3.05) is 17.7 Å². The van der Waals surface area contributed by atoms with E-state index in [9.17, 15) is 0 Å². The SMILES string of the molecule is CCc1cc2c(NCc3noc(C)n3)nc(NC)nc2s1. The lowest BCUT2D eigenvalue weighted by atomic mass is 10.3. The molecule has 0 radical (unpaired) electrons. The van der Waals surface area contributed by atoms with Gasteiger partial charge in [-0.1, -0.05) is 12.1 Å². The van der Waals surface area contributed by atoms with Crippen LogP contribution in [0.2, 0.25) is 0 Å². The van der Waals surface area contributed by atoms with Crippen LogP contribution in [0.15, 0.2) is 10.6 Å². The van der Waals surface area contributed by atoms with Crippen LogP contribution in [0, 0.1) is 6.92 Å². The molecule has 110 valence electrons. The van der Waals surface area contributed by atoms with Crippen LogP contribution in [0.25, 0.3) is 10.2 Å². The minimum Gasteiger partial charge on any atom is -0.362 e. The van der Waals surface area contributed by atoms with Crippen LogP contribution >= 0.6 is 11.3 Å². The molecule has 0 saturated carbocycles. The molecule has 0 spiro atoms. The largest absolute Gasteiger partial charge is 0.362 e. The maximum absolute atomic E-state index is 4.96. The third-order valence-corrected chi connectivity index (χ3v) is 4.17. The molecule has 7 nitrogen and oxygen atoms in total. The van der Waals surface area contributed by atoms with Crippen molar-refractivity contribution in [2.24, 2.45) is 0 Å². The summed E-state index contributed by atoms with van der Waals surface area (Å²) in [5.41, 5.74) is 0. The van der Waals surface area contributed by atoms with Crippen LogP contribution in [-0.4, -0.2) is 27.2 Å². The summed E-state index contributed by atoms with van der Waals surface area (Å²) in [5.74, 6) is 2.54. The maximum atomic E-state index is 4.96. The average Bonchev–Trinajstić information content (AvgIpc) is 3.10. The van der Waals surface area contributed by atoms with Crippen molar-refractivity contribution in [1.82, 2.24) is 20.1 Å². The number of hydrogen-bond acceptors (Lipinski definition) is 8. The van der Waals surface area contributed by atoms with Crippen molar-refractivity contribution in [2.45, 2.75) is 26.8 Å². The van der Waals surface area contributed by atoms with Crippen molar-refractivity contribution in [3.8, 4) is 0 Å². The number of aromatic nitrogens is 4. The Hall–Kier alpha value is -2.22. The second-order valence-corrected chi connectivity index (χ2v) is 5.63. The van der Waals surface area contributed by atoms with Crippen LogP contribution < -0.4 is 10.6 Å². The van der Waals surface area contributed by atoms with Gasteiger partial charge >= 0.3 is 0 Å². The average molecular weight is 304 g/mol. The zero-order chi connectivity index (χ0) is 14.8. The van der Waals surface area contributed by atoms with Crippen molar-refractivity contribution in [1.29, 1.82) is 0 Å². The van der Waals surface area contributed by atoms with Gasteiger partial charge in [0.2, 0.25) is 11.8 Å². The Kier molecular flexibility index (Phi) is 3.70. The van der Waals surface area contributed by atoms with E-state index >= 15 is 0 Å². The van der Waals surface area contributed by atoms with E-state index in [0.717, 1.165) is 22.5 Å². The molecule has 0 aromatic carbocycles. The highest BCUT2D eigenvalue weighted by atomic mass is 32.1. The Morgan fingerprint density at radius 2 is 2.14 bits per heavy atom. The third kappa shape index (κ3) is 2.80. The fourth-order valence-corrected chi connectivity index (χ4v) is 2.94. The number of aryl methyl sites for hydroxylation is 2. The van der Waals surface area contributed by atoms with Gasteiger partial charge in [-0.25, -0.2) is 4.98 Å². The number of anilines is 2. The topological polar surface area (TPSA) is 88.8 Å². The zero-order valence-electron chi connectivity index (χ0n) is 12.1. The molecule has 0 saturated heterocycles. The number of rotatable bonds is 5. The van der Waals surface area contributed by atoms with Gasteiger partial charge in [0.25, 0.3) is 0 Å². The molecule has 0 unspecified atom stereocenters. The summed E-state index contributed by atoms with van der Waals surface area (Å²) < 4.78 is 4.96. The van der Waals surface area contributed by atoms with Crippen LogP contribution in [0.1, 0.15) is 23.5 Å². The molecule has 0 amide bonds. The second-order valence-electron chi connectivity index (χ2n) is 4.51. The van der Waals surface area contributed by atoms with E-state index in [4.69, 9.17) is 4.52 Å². The Labute approximate surface area is 125 Å². The number of hydrogen-bond donors (Lipinski definition) is 2. The van der Waals surface area contributed by atoms with E-state index in [1.165, 1.54) is 4.88 Å². The van der Waals surface area contributed by atoms with Gasteiger partial charge < -0.3 is 15.2 Å². The van der Waals surface area contributed by atoms with Crippen molar-refractivity contribution >= 4 is 33.3 Å². The molecular weight excluding hydrogens is 288 g/mol. The summed E-state index contributed by atoms with van der Waals surface area (Å²) in [5, 5.41) is 11.1. The third-order valence-electron chi connectivity index (χ3n) is 3.00. The van der Waals surface area contributed by atoms with E-state index in [1.54, 1.807) is 18.3 Å². The molecule has 0 fully saturated rings. The number of nitrogens with zero attached hydrogens (tertiary/aromatic N) is 4. The van der Waals surface area contributed by atoms with Crippen LogP contribution in [0.4, 0.5) is 11.8 Å². The van der Waals surface area contributed by atoms with Crippen LogP contribution in [0.3, 0.4) is 0 Å². The van der Waals surface area contributed by atoms with E-state index < -0.39 is 0 Å². The summed E-state index contributed by atoms with van der Waals surface area (Å²) in [6.07, 6.45) is 0.986. The van der Waals surface area contributed by atoms with E-state index in [2.05, 4.69) is 43.7 Å². The van der Waals surface area contributed by atoms with Gasteiger partial charge in [0, 0.05) is 18.8 Å². The molecule has 3 aromatic rings. The van der Waals surface area contributed by atoms with E-state index in [1.807, 2.05) is 7.05 Å². The van der Waals surface area contributed by atoms with Crippen LogP contribution in [0.5, 0.6) is 0 Å². The molecule has 8 heteroatoms. The van der Waals surface area contributed by atoms with Crippen molar-refractivity contribution < 1.29 is 4.52 Å². The van der Waals surface area contributed by atoms with E-state index in [0.29, 0.717) is 24.2 Å². The van der Waals surface area contributed by atoms with Crippen molar-refractivity contribution in [3.05, 3.63) is 22.7 Å². The van der Waals surface area contributed by atoms with Gasteiger partial charge in [-0.3, -0.25) is 0 Å². The predicted octanol–water partition coefficient (Wildman–Crippen LogP) is 2.60. The number of fused-ring (bicyclic) bond motifs is 1. The predicted molar refractivity (Wildman–Crippen MR) is 82.7 cm³/mol. The van der Waals surface area contributed by atoms with Gasteiger partial charge in [0.15, 0.2) is 5.82 Å². The van der Waals surface area contributed by atoms with Gasteiger partial charge in [0.1, 0.15) is 10.6 Å². The monoisotopic (exact) mass is 304 g/mol. The first-order valence-electron chi connectivity index (χ1n) is 6.71. The lowest BCUT2D eigenvalue weighted by molar-refractivity contribution is 0.388. The quantitative estimate of drug-likeness (QED) is 0.749. The highest BCUT2D eigenvalue weighted by Gasteiger charge is 2.11.